The molecule has 1 N–H and O–H groups in total. The molecule has 11 heteroatoms. The standard InChI is InChI=1S/C16H11ClF3N5O2/c17-11-3-1-10(2-4-11)15-22-24-25(23-15)9-14(26)21-12-5-7-13(8-6-12)27-16(18,19)20/h1-8H,9H2,(H,21,26). The molecule has 0 saturated carbocycles. The highest BCUT2D eigenvalue weighted by Gasteiger charge is 2.30. The Kier molecular flexibility index (Phi) is 5.26. The predicted molar refractivity (Wildman–Crippen MR) is 90.0 cm³/mol. The summed E-state index contributed by atoms with van der Waals surface area (Å²) < 4.78 is 40.1. The van der Waals surface area contributed by atoms with Gasteiger partial charge < -0.3 is 10.1 Å². The van der Waals surface area contributed by atoms with Gasteiger partial charge >= 0.3 is 6.36 Å². The van der Waals surface area contributed by atoms with Crippen molar-refractivity contribution in [3.05, 3.63) is 53.6 Å². The second-order valence-electron chi connectivity index (χ2n) is 5.27. The van der Waals surface area contributed by atoms with E-state index in [1.165, 1.54) is 12.1 Å². The summed E-state index contributed by atoms with van der Waals surface area (Å²) in [5.74, 6) is -0.529. The zero-order chi connectivity index (χ0) is 19.4. The van der Waals surface area contributed by atoms with Gasteiger partial charge in [0.05, 0.1) is 0 Å². The molecule has 0 aliphatic rings. The minimum atomic E-state index is -4.77. The lowest BCUT2D eigenvalue weighted by Gasteiger charge is -2.09. The lowest BCUT2D eigenvalue weighted by atomic mass is 10.2. The van der Waals surface area contributed by atoms with Gasteiger partial charge in [-0.3, -0.25) is 4.79 Å². The molecule has 3 aromatic rings. The number of carbonyl (C=O) groups excluding carboxylic acids is 1. The molecule has 0 saturated heterocycles. The molecule has 0 atom stereocenters. The van der Waals surface area contributed by atoms with Crippen molar-refractivity contribution in [3.63, 3.8) is 0 Å². The third-order valence-corrected chi connectivity index (χ3v) is 3.46. The van der Waals surface area contributed by atoms with Crippen LogP contribution in [0.4, 0.5) is 18.9 Å². The SMILES string of the molecule is O=C(Cn1nnc(-c2ccc(Cl)cc2)n1)Nc1ccc(OC(F)(F)F)cc1. The highest BCUT2D eigenvalue weighted by Crippen LogP contribution is 2.24. The van der Waals surface area contributed by atoms with Crippen molar-refractivity contribution in [1.82, 2.24) is 20.2 Å². The van der Waals surface area contributed by atoms with E-state index in [0.29, 0.717) is 22.1 Å². The molecule has 1 heterocycles. The Hall–Kier alpha value is -3.14. The van der Waals surface area contributed by atoms with Crippen LogP contribution in [0.5, 0.6) is 5.75 Å². The minimum absolute atomic E-state index is 0.221. The number of aromatic nitrogens is 4. The first-order chi connectivity index (χ1) is 12.8. The summed E-state index contributed by atoms with van der Waals surface area (Å²) in [7, 11) is 0. The molecule has 0 bridgehead atoms. The zero-order valence-electron chi connectivity index (χ0n) is 13.4. The van der Waals surface area contributed by atoms with Gasteiger partial charge in [-0.2, -0.15) is 4.80 Å². The number of ether oxygens (including phenoxy) is 1. The Morgan fingerprint density at radius 2 is 1.78 bits per heavy atom. The molecule has 27 heavy (non-hydrogen) atoms. The van der Waals surface area contributed by atoms with Crippen LogP contribution in [0, 0.1) is 0 Å². The fourth-order valence-electron chi connectivity index (χ4n) is 2.09. The Balaban J connectivity index is 1.59. The summed E-state index contributed by atoms with van der Waals surface area (Å²) in [6.07, 6.45) is -4.77. The van der Waals surface area contributed by atoms with E-state index < -0.39 is 12.3 Å². The summed E-state index contributed by atoms with van der Waals surface area (Å²) >= 11 is 5.81. The molecule has 3 rings (SSSR count). The number of amides is 1. The summed E-state index contributed by atoms with van der Waals surface area (Å²) in [5, 5.41) is 14.8. The number of hydrogen-bond donors (Lipinski definition) is 1. The lowest BCUT2D eigenvalue weighted by Crippen LogP contribution is -2.20. The largest absolute Gasteiger partial charge is 0.573 e. The van der Waals surface area contributed by atoms with Crippen molar-refractivity contribution in [2.45, 2.75) is 12.9 Å². The number of nitrogens with one attached hydrogen (secondary N) is 1. The molecule has 1 amide bonds. The van der Waals surface area contributed by atoms with Crippen LogP contribution in [0.2, 0.25) is 5.02 Å². The number of tetrazole rings is 1. The molecular formula is C16H11ClF3N5O2. The monoisotopic (exact) mass is 397 g/mol. The van der Waals surface area contributed by atoms with Gasteiger partial charge in [-0.05, 0) is 53.7 Å². The average Bonchev–Trinajstić information content (AvgIpc) is 3.04. The van der Waals surface area contributed by atoms with Gasteiger partial charge in [-0.1, -0.05) is 11.6 Å². The van der Waals surface area contributed by atoms with Gasteiger partial charge in [0.15, 0.2) is 0 Å². The van der Waals surface area contributed by atoms with Crippen molar-refractivity contribution in [2.75, 3.05) is 5.32 Å². The predicted octanol–water partition coefficient (Wildman–Crippen LogP) is 3.53. The van der Waals surface area contributed by atoms with E-state index in [1.54, 1.807) is 24.3 Å². The number of anilines is 1. The molecule has 0 aliphatic heterocycles. The Bertz CT molecular complexity index is 926. The van der Waals surface area contributed by atoms with Gasteiger partial charge in [-0.25, -0.2) is 0 Å². The second-order valence-corrected chi connectivity index (χ2v) is 5.71. The Morgan fingerprint density at radius 3 is 2.41 bits per heavy atom. The maximum Gasteiger partial charge on any atom is 0.573 e. The van der Waals surface area contributed by atoms with Gasteiger partial charge in [0, 0.05) is 16.3 Å². The number of rotatable bonds is 5. The van der Waals surface area contributed by atoms with Crippen LogP contribution in [0.25, 0.3) is 11.4 Å². The number of benzene rings is 2. The van der Waals surface area contributed by atoms with E-state index in [9.17, 15) is 18.0 Å². The normalized spacial score (nSPS) is 11.3. The fourth-order valence-corrected chi connectivity index (χ4v) is 2.22. The van der Waals surface area contributed by atoms with Crippen molar-refractivity contribution >= 4 is 23.2 Å². The topological polar surface area (TPSA) is 81.9 Å². The molecule has 0 radical (unpaired) electrons. The van der Waals surface area contributed by atoms with E-state index in [1.807, 2.05) is 0 Å². The number of hydrogen-bond acceptors (Lipinski definition) is 5. The summed E-state index contributed by atoms with van der Waals surface area (Å²) in [5.41, 5.74) is 0.985. The van der Waals surface area contributed by atoms with Crippen molar-refractivity contribution in [2.24, 2.45) is 0 Å². The molecule has 1 aromatic heterocycles. The third kappa shape index (κ3) is 5.42. The van der Waals surface area contributed by atoms with Crippen LogP contribution < -0.4 is 10.1 Å². The third-order valence-electron chi connectivity index (χ3n) is 3.21. The van der Waals surface area contributed by atoms with Crippen LogP contribution in [0.3, 0.4) is 0 Å². The number of alkyl halides is 3. The fraction of sp³-hybridized carbons (Fsp3) is 0.125. The number of halogens is 4. The molecule has 0 fully saturated rings. The lowest BCUT2D eigenvalue weighted by molar-refractivity contribution is -0.274. The highest BCUT2D eigenvalue weighted by atomic mass is 35.5. The van der Waals surface area contributed by atoms with E-state index >= 15 is 0 Å². The molecule has 0 unspecified atom stereocenters. The van der Waals surface area contributed by atoms with Gasteiger partial charge in [0.1, 0.15) is 12.3 Å². The highest BCUT2D eigenvalue weighted by molar-refractivity contribution is 6.30. The van der Waals surface area contributed by atoms with E-state index in [2.05, 4.69) is 25.5 Å². The Labute approximate surface area is 155 Å². The number of nitrogens with zero attached hydrogens (tertiary/aromatic N) is 4. The van der Waals surface area contributed by atoms with Gasteiger partial charge in [0.25, 0.3) is 0 Å². The number of carbonyl (C=O) groups is 1. The first-order valence-corrected chi connectivity index (χ1v) is 7.86. The summed E-state index contributed by atoms with van der Waals surface area (Å²) in [6, 6.07) is 11.5. The molecule has 0 spiro atoms. The van der Waals surface area contributed by atoms with Crippen LogP contribution >= 0.6 is 11.6 Å². The molecule has 7 nitrogen and oxygen atoms in total. The first-order valence-electron chi connectivity index (χ1n) is 7.48. The van der Waals surface area contributed by atoms with Gasteiger partial charge in [0.2, 0.25) is 11.7 Å². The maximum absolute atomic E-state index is 12.1. The van der Waals surface area contributed by atoms with Crippen LogP contribution in [-0.2, 0) is 11.3 Å². The zero-order valence-corrected chi connectivity index (χ0v) is 14.2. The smallest absolute Gasteiger partial charge is 0.406 e. The molecule has 2 aromatic carbocycles. The van der Waals surface area contributed by atoms with Crippen LogP contribution in [-0.4, -0.2) is 32.5 Å². The maximum atomic E-state index is 12.1. The van der Waals surface area contributed by atoms with E-state index in [-0.39, 0.29) is 12.3 Å². The van der Waals surface area contributed by atoms with E-state index in [4.69, 9.17) is 11.6 Å². The minimum Gasteiger partial charge on any atom is -0.406 e. The average molecular weight is 398 g/mol. The summed E-state index contributed by atoms with van der Waals surface area (Å²) in [6.45, 7) is -0.221. The molecule has 0 aliphatic carbocycles. The van der Waals surface area contributed by atoms with Gasteiger partial charge in [-0.15, -0.1) is 23.4 Å². The summed E-state index contributed by atoms with van der Waals surface area (Å²) in [4.78, 5) is 13.1. The quantitative estimate of drug-likeness (QED) is 0.712. The Morgan fingerprint density at radius 1 is 1.11 bits per heavy atom. The van der Waals surface area contributed by atoms with Crippen molar-refractivity contribution < 1.29 is 22.7 Å². The molecular weight excluding hydrogens is 387 g/mol. The first kappa shape index (κ1) is 18.6. The van der Waals surface area contributed by atoms with Crippen LogP contribution in [0.1, 0.15) is 0 Å². The van der Waals surface area contributed by atoms with Crippen molar-refractivity contribution in [3.8, 4) is 17.1 Å². The van der Waals surface area contributed by atoms with Crippen LogP contribution in [0.15, 0.2) is 48.5 Å². The van der Waals surface area contributed by atoms with Crippen molar-refractivity contribution in [1.29, 1.82) is 0 Å². The molecule has 140 valence electrons. The van der Waals surface area contributed by atoms with E-state index in [0.717, 1.165) is 16.9 Å². The second kappa shape index (κ2) is 7.62.